The Bertz CT molecular complexity index is 1150. The lowest BCUT2D eigenvalue weighted by Crippen LogP contribution is -3.10. The topological polar surface area (TPSA) is 123 Å². The van der Waals surface area contributed by atoms with E-state index < -0.39 is 21.9 Å². The van der Waals surface area contributed by atoms with E-state index in [0.717, 1.165) is 19.0 Å². The summed E-state index contributed by atoms with van der Waals surface area (Å²) in [7, 11) is 0. The lowest BCUT2D eigenvalue weighted by Gasteiger charge is -2.28. The fraction of sp³-hybridized carbons (Fsp3) is 0.611. The van der Waals surface area contributed by atoms with Gasteiger partial charge in [0.15, 0.2) is 11.4 Å². The molecule has 0 bridgehead atoms. The lowest BCUT2D eigenvalue weighted by atomic mass is 9.80. The third-order valence-electron chi connectivity index (χ3n) is 9.48. The maximum Gasteiger partial charge on any atom is 0.170 e. The molecule has 0 fully saturated rings. The van der Waals surface area contributed by atoms with Crippen molar-refractivity contribution in [1.82, 2.24) is 0 Å². The SMILES string of the molecule is CCCCCCCCCCCCCCCCCC[NH+]1c2ccccc2C(C)(C)C1C=Cc1cc([NH+]([O-])O)cc([NH+]([O-])O)c1[O-]. The first-order valence-corrected chi connectivity index (χ1v) is 17.1. The molecule has 4 unspecified atom stereocenters. The van der Waals surface area contributed by atoms with Gasteiger partial charge in [0.05, 0.1) is 18.0 Å². The summed E-state index contributed by atoms with van der Waals surface area (Å²) in [5.74, 6) is -0.661. The molecule has 2 aromatic rings. The van der Waals surface area contributed by atoms with E-state index in [0.29, 0.717) is 0 Å². The number of para-hydroxylation sites is 1. The van der Waals surface area contributed by atoms with E-state index in [-0.39, 0.29) is 22.7 Å². The maximum atomic E-state index is 12.9. The van der Waals surface area contributed by atoms with Crippen LogP contribution in [0.15, 0.2) is 42.5 Å². The third kappa shape index (κ3) is 10.4. The molecule has 1 heterocycles. The van der Waals surface area contributed by atoms with Crippen LogP contribution >= 0.6 is 0 Å². The monoisotopic (exact) mass is 611 g/mol. The van der Waals surface area contributed by atoms with Crippen molar-refractivity contribution in [3.8, 4) is 5.75 Å². The van der Waals surface area contributed by atoms with Crippen LogP contribution in [0.5, 0.6) is 5.75 Å². The summed E-state index contributed by atoms with van der Waals surface area (Å²) in [5.41, 5.74) is 1.70. The predicted molar refractivity (Wildman–Crippen MR) is 175 cm³/mol. The molecule has 0 saturated carbocycles. The summed E-state index contributed by atoms with van der Waals surface area (Å²) in [6.07, 6.45) is 25.0. The first-order chi connectivity index (χ1) is 21.2. The van der Waals surface area contributed by atoms with Crippen LogP contribution in [0.2, 0.25) is 0 Å². The van der Waals surface area contributed by atoms with Crippen molar-refractivity contribution in [3.63, 3.8) is 0 Å². The minimum atomic E-state index is -1.42. The molecule has 3 rings (SSSR count). The van der Waals surface area contributed by atoms with Crippen LogP contribution < -0.4 is 20.5 Å². The fourth-order valence-electron chi connectivity index (χ4n) is 6.86. The minimum Gasteiger partial charge on any atom is -0.868 e. The molecule has 5 N–H and O–H groups in total. The molecule has 0 spiro atoms. The number of hydrogen-bond donors (Lipinski definition) is 5. The highest BCUT2D eigenvalue weighted by Crippen LogP contribution is 2.37. The van der Waals surface area contributed by atoms with Gasteiger partial charge in [0.1, 0.15) is 11.7 Å². The first-order valence-electron chi connectivity index (χ1n) is 17.1. The second kappa shape index (κ2) is 18.6. The van der Waals surface area contributed by atoms with Gasteiger partial charge in [0.25, 0.3) is 0 Å². The molecule has 0 saturated heterocycles. The first kappa shape index (κ1) is 36.2. The van der Waals surface area contributed by atoms with Crippen molar-refractivity contribution in [1.29, 1.82) is 0 Å². The summed E-state index contributed by atoms with van der Waals surface area (Å²) in [5, 5.41) is 52.4. The molecule has 8 nitrogen and oxygen atoms in total. The largest absolute Gasteiger partial charge is 0.868 e. The summed E-state index contributed by atoms with van der Waals surface area (Å²) < 4.78 is 0. The van der Waals surface area contributed by atoms with Gasteiger partial charge < -0.3 is 15.5 Å². The quantitative estimate of drug-likeness (QED) is 0.0913. The van der Waals surface area contributed by atoms with Gasteiger partial charge in [-0.1, -0.05) is 121 Å². The van der Waals surface area contributed by atoms with Crippen molar-refractivity contribution in [3.05, 3.63) is 64.0 Å². The van der Waals surface area contributed by atoms with Gasteiger partial charge in [-0.3, -0.25) is 4.90 Å². The van der Waals surface area contributed by atoms with Gasteiger partial charge in [-0.25, -0.2) is 10.4 Å². The van der Waals surface area contributed by atoms with Crippen LogP contribution in [0.3, 0.4) is 0 Å². The van der Waals surface area contributed by atoms with Crippen LogP contribution in [0.25, 0.3) is 6.08 Å². The highest BCUT2D eigenvalue weighted by molar-refractivity contribution is 5.68. The van der Waals surface area contributed by atoms with Crippen molar-refractivity contribution >= 4 is 23.1 Å². The Morgan fingerprint density at radius 2 is 1.30 bits per heavy atom. The van der Waals surface area contributed by atoms with E-state index in [1.807, 2.05) is 6.08 Å². The standard InChI is InChI=1S/C36H57N3O5/c1-4-5-6-7-8-9-10-11-12-13-14-15-16-17-18-21-26-37-32-23-20-19-22-31(32)36(2,3)34(37)25-24-29-27-30(38(41)42)28-33(35(29)40)39(43)44/h19-20,22-25,27-28,34,38-41,43H,4-18,21,26H2,1-3H3. The average molecular weight is 612 g/mol. The number of unbranched alkanes of at least 4 members (excludes halogenated alkanes) is 15. The minimum absolute atomic E-state index is 0.0254. The van der Waals surface area contributed by atoms with E-state index in [1.165, 1.54) is 119 Å². The Labute approximate surface area is 265 Å². The van der Waals surface area contributed by atoms with E-state index in [9.17, 15) is 25.9 Å². The summed E-state index contributed by atoms with van der Waals surface area (Å²) >= 11 is 0. The molecular weight excluding hydrogens is 554 g/mol. The summed E-state index contributed by atoms with van der Waals surface area (Å²) in [6.45, 7) is 7.65. The maximum absolute atomic E-state index is 12.9. The summed E-state index contributed by atoms with van der Waals surface area (Å²) in [4.78, 5) is 1.34. The van der Waals surface area contributed by atoms with Gasteiger partial charge in [-0.15, -0.1) is 0 Å². The number of nitrogens with one attached hydrogen (secondary N) is 3. The summed E-state index contributed by atoms with van der Waals surface area (Å²) in [6, 6.07) is 10.7. The van der Waals surface area contributed by atoms with E-state index >= 15 is 0 Å². The Morgan fingerprint density at radius 1 is 0.773 bits per heavy atom. The van der Waals surface area contributed by atoms with Gasteiger partial charge in [-0.2, -0.15) is 10.5 Å². The number of hydrogen-bond acceptors (Lipinski definition) is 5. The zero-order chi connectivity index (χ0) is 32.0. The Morgan fingerprint density at radius 3 is 1.82 bits per heavy atom. The second-order valence-electron chi connectivity index (χ2n) is 13.2. The molecular formula is C36H57N3O5. The smallest absolute Gasteiger partial charge is 0.170 e. The zero-order valence-electron chi connectivity index (χ0n) is 27.3. The molecule has 2 aromatic carbocycles. The van der Waals surface area contributed by atoms with Crippen molar-refractivity contribution < 1.29 is 30.9 Å². The number of fused-ring (bicyclic) bond motifs is 1. The Hall–Kier alpha value is -2.30. The van der Waals surface area contributed by atoms with Crippen molar-refractivity contribution in [2.75, 3.05) is 6.54 Å². The molecule has 0 amide bonds. The molecule has 8 heteroatoms. The number of quaternary nitrogens is 3. The highest BCUT2D eigenvalue weighted by atomic mass is 16.8. The molecule has 0 radical (unpaired) electrons. The van der Waals surface area contributed by atoms with Gasteiger partial charge in [0.2, 0.25) is 0 Å². The van der Waals surface area contributed by atoms with Crippen LogP contribution in [-0.4, -0.2) is 23.0 Å². The van der Waals surface area contributed by atoms with Gasteiger partial charge in [-0.05, 0) is 50.1 Å². The van der Waals surface area contributed by atoms with E-state index in [2.05, 4.69) is 45.0 Å². The average Bonchev–Trinajstić information content (AvgIpc) is 3.21. The lowest BCUT2D eigenvalue weighted by molar-refractivity contribution is -0.996. The highest BCUT2D eigenvalue weighted by Gasteiger charge is 2.47. The van der Waals surface area contributed by atoms with Gasteiger partial charge in [0, 0.05) is 11.6 Å². The normalized spacial score (nSPS) is 19.0. The molecule has 0 aliphatic carbocycles. The molecule has 4 atom stereocenters. The molecule has 44 heavy (non-hydrogen) atoms. The van der Waals surface area contributed by atoms with Crippen molar-refractivity contribution in [2.24, 2.45) is 0 Å². The van der Waals surface area contributed by atoms with Gasteiger partial charge >= 0.3 is 0 Å². The Balaban J connectivity index is 1.49. The van der Waals surface area contributed by atoms with Crippen LogP contribution in [0.1, 0.15) is 135 Å². The fourth-order valence-corrected chi connectivity index (χ4v) is 6.86. The van der Waals surface area contributed by atoms with Crippen LogP contribution in [0.4, 0.5) is 17.1 Å². The van der Waals surface area contributed by atoms with Crippen LogP contribution in [0, 0.1) is 10.4 Å². The Kier molecular flexibility index (Phi) is 15.3. The molecule has 246 valence electrons. The number of benzene rings is 2. The third-order valence-corrected chi connectivity index (χ3v) is 9.48. The molecule has 0 aromatic heterocycles. The molecule has 1 aliphatic rings. The van der Waals surface area contributed by atoms with Crippen molar-refractivity contribution in [2.45, 2.75) is 135 Å². The van der Waals surface area contributed by atoms with E-state index in [1.54, 1.807) is 6.08 Å². The number of rotatable bonds is 21. The molecule has 1 aliphatic heterocycles. The van der Waals surface area contributed by atoms with E-state index in [4.69, 9.17) is 0 Å². The van der Waals surface area contributed by atoms with Crippen LogP contribution in [-0.2, 0) is 5.41 Å². The predicted octanol–water partition coefficient (Wildman–Crippen LogP) is 5.72. The second-order valence-corrected chi connectivity index (χ2v) is 13.2. The zero-order valence-corrected chi connectivity index (χ0v) is 27.3.